The number of unbranched alkanes of at least 4 members (excludes halogenated alkanes) is 2. The molecule has 0 aliphatic rings. The lowest BCUT2D eigenvalue weighted by molar-refractivity contribution is -0.131. The zero-order valence-electron chi connectivity index (χ0n) is 12.1. The third kappa shape index (κ3) is 5.78. The van der Waals surface area contributed by atoms with Crippen molar-refractivity contribution in [1.29, 1.82) is 0 Å². The van der Waals surface area contributed by atoms with E-state index in [2.05, 4.69) is 6.92 Å². The molecule has 110 valence electrons. The molecule has 0 atom stereocenters. The van der Waals surface area contributed by atoms with E-state index in [4.69, 9.17) is 14.6 Å². The Balaban J connectivity index is 2.79. The summed E-state index contributed by atoms with van der Waals surface area (Å²) in [7, 11) is 0. The van der Waals surface area contributed by atoms with E-state index in [9.17, 15) is 4.79 Å². The number of rotatable bonds is 9. The quantitative estimate of drug-likeness (QED) is 0.552. The van der Waals surface area contributed by atoms with Gasteiger partial charge in [-0.2, -0.15) is 0 Å². The topological polar surface area (TPSA) is 55.8 Å². The van der Waals surface area contributed by atoms with Crippen molar-refractivity contribution in [3.63, 3.8) is 0 Å². The van der Waals surface area contributed by atoms with E-state index in [-0.39, 0.29) is 0 Å². The summed E-state index contributed by atoms with van der Waals surface area (Å²) in [5.41, 5.74) is 0.779. The average Bonchev–Trinajstić information content (AvgIpc) is 2.43. The minimum atomic E-state index is -0.968. The Hall–Kier alpha value is -1.97. The second-order valence-electron chi connectivity index (χ2n) is 4.37. The van der Waals surface area contributed by atoms with Crippen LogP contribution in [0.15, 0.2) is 24.3 Å². The molecular formula is C16H22O4. The monoisotopic (exact) mass is 278 g/mol. The van der Waals surface area contributed by atoms with Gasteiger partial charge in [0.05, 0.1) is 13.2 Å². The lowest BCUT2D eigenvalue weighted by Crippen LogP contribution is -2.01. The number of carboxylic acid groups (broad SMARTS) is 1. The van der Waals surface area contributed by atoms with Crippen molar-refractivity contribution in [3.8, 4) is 11.5 Å². The van der Waals surface area contributed by atoms with Crippen molar-refractivity contribution in [1.82, 2.24) is 0 Å². The first kappa shape index (κ1) is 16.1. The maximum absolute atomic E-state index is 10.5. The number of aliphatic carboxylic acids is 1. The van der Waals surface area contributed by atoms with E-state index in [1.165, 1.54) is 6.08 Å². The molecule has 0 bridgehead atoms. The Labute approximate surface area is 120 Å². The summed E-state index contributed by atoms with van der Waals surface area (Å²) in [6.45, 7) is 5.26. The van der Waals surface area contributed by atoms with Crippen molar-refractivity contribution < 1.29 is 19.4 Å². The van der Waals surface area contributed by atoms with Crippen molar-refractivity contribution in [2.24, 2.45) is 0 Å². The fourth-order valence-corrected chi connectivity index (χ4v) is 1.72. The molecule has 0 amide bonds. The number of hydrogen-bond donors (Lipinski definition) is 1. The molecule has 20 heavy (non-hydrogen) atoms. The van der Waals surface area contributed by atoms with Gasteiger partial charge in [-0.1, -0.05) is 25.8 Å². The third-order valence-corrected chi connectivity index (χ3v) is 2.69. The van der Waals surface area contributed by atoms with Crippen molar-refractivity contribution in [3.05, 3.63) is 29.8 Å². The van der Waals surface area contributed by atoms with Gasteiger partial charge in [-0.3, -0.25) is 0 Å². The molecule has 0 aliphatic heterocycles. The fourth-order valence-electron chi connectivity index (χ4n) is 1.72. The first-order valence-electron chi connectivity index (χ1n) is 6.98. The van der Waals surface area contributed by atoms with E-state index in [0.29, 0.717) is 24.7 Å². The highest BCUT2D eigenvalue weighted by Crippen LogP contribution is 2.29. The summed E-state index contributed by atoms with van der Waals surface area (Å²) < 4.78 is 11.2. The molecule has 1 rings (SSSR count). The molecule has 0 saturated heterocycles. The Bertz CT molecular complexity index is 452. The summed E-state index contributed by atoms with van der Waals surface area (Å²) in [4.78, 5) is 10.5. The maximum Gasteiger partial charge on any atom is 0.328 e. The van der Waals surface area contributed by atoms with Gasteiger partial charge >= 0.3 is 5.97 Å². The summed E-state index contributed by atoms with van der Waals surface area (Å²) in [5.74, 6) is 0.385. The Kier molecular flexibility index (Phi) is 7.25. The van der Waals surface area contributed by atoms with Gasteiger partial charge in [0.2, 0.25) is 0 Å². The van der Waals surface area contributed by atoms with Crippen LogP contribution in [0.1, 0.15) is 38.7 Å². The van der Waals surface area contributed by atoms with Gasteiger partial charge in [0.1, 0.15) is 0 Å². The van der Waals surface area contributed by atoms with Crippen LogP contribution in [0.25, 0.3) is 6.08 Å². The van der Waals surface area contributed by atoms with Crippen molar-refractivity contribution in [2.45, 2.75) is 33.1 Å². The Morgan fingerprint density at radius 2 is 2.00 bits per heavy atom. The molecule has 4 heteroatoms. The first-order chi connectivity index (χ1) is 9.67. The Morgan fingerprint density at radius 1 is 1.20 bits per heavy atom. The van der Waals surface area contributed by atoms with Crippen molar-refractivity contribution >= 4 is 12.0 Å². The highest BCUT2D eigenvalue weighted by Gasteiger charge is 2.05. The minimum absolute atomic E-state index is 0.565. The molecule has 0 heterocycles. The third-order valence-electron chi connectivity index (χ3n) is 2.69. The van der Waals surface area contributed by atoms with Crippen LogP contribution < -0.4 is 9.47 Å². The van der Waals surface area contributed by atoms with Crippen molar-refractivity contribution in [2.75, 3.05) is 13.2 Å². The van der Waals surface area contributed by atoms with Crippen LogP contribution in [0.3, 0.4) is 0 Å². The zero-order chi connectivity index (χ0) is 14.8. The smallest absolute Gasteiger partial charge is 0.328 e. The average molecular weight is 278 g/mol. The normalized spacial score (nSPS) is 10.7. The zero-order valence-corrected chi connectivity index (χ0v) is 12.1. The van der Waals surface area contributed by atoms with Crippen LogP contribution >= 0.6 is 0 Å². The summed E-state index contributed by atoms with van der Waals surface area (Å²) >= 11 is 0. The van der Waals surface area contributed by atoms with Gasteiger partial charge < -0.3 is 14.6 Å². The van der Waals surface area contributed by atoms with Gasteiger partial charge in [-0.05, 0) is 37.1 Å². The van der Waals surface area contributed by atoms with E-state index in [1.54, 1.807) is 12.1 Å². The van der Waals surface area contributed by atoms with E-state index < -0.39 is 5.97 Å². The molecule has 0 unspecified atom stereocenters. The molecular weight excluding hydrogens is 256 g/mol. The number of carbonyl (C=O) groups is 1. The molecule has 0 aromatic heterocycles. The maximum atomic E-state index is 10.5. The highest BCUT2D eigenvalue weighted by atomic mass is 16.5. The predicted molar refractivity (Wildman–Crippen MR) is 79.3 cm³/mol. The molecule has 0 fully saturated rings. The SMILES string of the molecule is CCCCCOc1cc(C=CC(=O)O)ccc1OCC. The van der Waals surface area contributed by atoms with Gasteiger partial charge in [-0.25, -0.2) is 4.79 Å². The fraction of sp³-hybridized carbons (Fsp3) is 0.438. The summed E-state index contributed by atoms with van der Waals surface area (Å²) in [5, 5.41) is 8.64. The number of hydrogen-bond acceptors (Lipinski definition) is 3. The molecule has 0 spiro atoms. The number of carboxylic acids is 1. The summed E-state index contributed by atoms with van der Waals surface area (Å²) in [6, 6.07) is 5.42. The molecule has 0 radical (unpaired) electrons. The van der Waals surface area contributed by atoms with E-state index in [0.717, 1.165) is 30.9 Å². The largest absolute Gasteiger partial charge is 0.490 e. The standard InChI is InChI=1S/C16H22O4/c1-3-5-6-11-20-15-12-13(8-10-16(17)18)7-9-14(15)19-4-2/h7-10,12H,3-6,11H2,1-2H3,(H,17,18). The number of benzene rings is 1. The van der Waals surface area contributed by atoms with Gasteiger partial charge in [0.25, 0.3) is 0 Å². The van der Waals surface area contributed by atoms with Crippen LogP contribution in [0.5, 0.6) is 11.5 Å². The van der Waals surface area contributed by atoms with Gasteiger partial charge in [0.15, 0.2) is 11.5 Å². The summed E-state index contributed by atoms with van der Waals surface area (Å²) in [6.07, 6.45) is 5.91. The Morgan fingerprint density at radius 3 is 2.65 bits per heavy atom. The highest BCUT2D eigenvalue weighted by molar-refractivity contribution is 5.85. The first-order valence-corrected chi connectivity index (χ1v) is 6.98. The van der Waals surface area contributed by atoms with Crippen LogP contribution in [0.4, 0.5) is 0 Å². The molecule has 1 aromatic carbocycles. The number of ether oxygens (including phenoxy) is 2. The van der Waals surface area contributed by atoms with Crippen LogP contribution in [0, 0.1) is 0 Å². The molecule has 0 aliphatic carbocycles. The second kappa shape index (κ2) is 9.02. The van der Waals surface area contributed by atoms with Gasteiger partial charge in [-0.15, -0.1) is 0 Å². The second-order valence-corrected chi connectivity index (χ2v) is 4.37. The molecule has 1 N–H and O–H groups in total. The molecule has 1 aromatic rings. The molecule has 4 nitrogen and oxygen atoms in total. The van der Waals surface area contributed by atoms with Gasteiger partial charge in [0, 0.05) is 6.08 Å². The van der Waals surface area contributed by atoms with Crippen LogP contribution in [-0.4, -0.2) is 24.3 Å². The lowest BCUT2D eigenvalue weighted by Gasteiger charge is -2.12. The predicted octanol–water partition coefficient (Wildman–Crippen LogP) is 3.75. The van der Waals surface area contributed by atoms with Crippen LogP contribution in [-0.2, 0) is 4.79 Å². The van der Waals surface area contributed by atoms with E-state index in [1.807, 2.05) is 13.0 Å². The minimum Gasteiger partial charge on any atom is -0.490 e. The molecule has 0 saturated carbocycles. The lowest BCUT2D eigenvalue weighted by atomic mass is 10.2. The van der Waals surface area contributed by atoms with Crippen LogP contribution in [0.2, 0.25) is 0 Å². The van der Waals surface area contributed by atoms with E-state index >= 15 is 0 Å².